The lowest BCUT2D eigenvalue weighted by Crippen LogP contribution is -1.84. The molecule has 0 aliphatic carbocycles. The summed E-state index contributed by atoms with van der Waals surface area (Å²) in [5.41, 5.74) is 0.847. The monoisotopic (exact) mass is 280 g/mol. The third kappa shape index (κ3) is 2.45. The Kier molecular flexibility index (Phi) is 3.80. The van der Waals surface area contributed by atoms with Gasteiger partial charge in [-0.15, -0.1) is 0 Å². The first-order valence-electron chi connectivity index (χ1n) is 5.23. The molecule has 2 aromatic rings. The maximum Gasteiger partial charge on any atom is 0.124 e. The lowest BCUT2D eigenvalue weighted by Gasteiger charge is -2.07. The molecule has 4 heteroatoms. The van der Waals surface area contributed by atoms with Gasteiger partial charge in [-0.3, -0.25) is 0 Å². The first-order valence-corrected chi connectivity index (χ1v) is 5.99. The van der Waals surface area contributed by atoms with Crippen LogP contribution in [0.4, 0.5) is 0 Å². The SMILES string of the molecule is Oc1ccccc1C(Cl)=C(Cl)c1ccccc1O. The van der Waals surface area contributed by atoms with Crippen LogP contribution in [0.2, 0.25) is 0 Å². The summed E-state index contributed by atoms with van der Waals surface area (Å²) in [6.45, 7) is 0. The number of halogens is 2. The minimum atomic E-state index is 0.0380. The Hall–Kier alpha value is -1.64. The summed E-state index contributed by atoms with van der Waals surface area (Å²) in [5, 5.41) is 19.8. The number of aromatic hydroxyl groups is 2. The van der Waals surface area contributed by atoms with Crippen LogP contribution in [-0.4, -0.2) is 10.2 Å². The molecule has 0 aliphatic rings. The van der Waals surface area contributed by atoms with E-state index in [1.54, 1.807) is 36.4 Å². The molecule has 0 radical (unpaired) electrons. The first-order chi connectivity index (χ1) is 8.61. The topological polar surface area (TPSA) is 40.5 Å². The van der Waals surface area contributed by atoms with Crippen LogP contribution in [0.1, 0.15) is 11.1 Å². The molecule has 0 amide bonds. The van der Waals surface area contributed by atoms with E-state index < -0.39 is 0 Å². The molecule has 0 aliphatic heterocycles. The van der Waals surface area contributed by atoms with Crippen molar-refractivity contribution < 1.29 is 10.2 Å². The molecule has 2 aromatic carbocycles. The van der Waals surface area contributed by atoms with E-state index in [2.05, 4.69) is 0 Å². The van der Waals surface area contributed by atoms with E-state index in [4.69, 9.17) is 23.2 Å². The van der Waals surface area contributed by atoms with Crippen molar-refractivity contribution in [2.45, 2.75) is 0 Å². The average molecular weight is 281 g/mol. The molecule has 0 bridgehead atoms. The molecule has 0 atom stereocenters. The molecule has 0 spiro atoms. The fourth-order valence-corrected chi connectivity index (χ4v) is 2.08. The quantitative estimate of drug-likeness (QED) is 0.801. The molecule has 2 rings (SSSR count). The van der Waals surface area contributed by atoms with Crippen molar-refractivity contribution in [2.75, 3.05) is 0 Å². The van der Waals surface area contributed by atoms with Crippen LogP contribution < -0.4 is 0 Å². The van der Waals surface area contributed by atoms with Crippen LogP contribution in [0, 0.1) is 0 Å². The van der Waals surface area contributed by atoms with Crippen molar-refractivity contribution in [3.05, 3.63) is 59.7 Å². The lowest BCUT2D eigenvalue weighted by molar-refractivity contribution is 0.473. The summed E-state index contributed by atoms with van der Waals surface area (Å²) in [6.07, 6.45) is 0. The van der Waals surface area contributed by atoms with Gasteiger partial charge in [0.1, 0.15) is 11.5 Å². The maximum atomic E-state index is 9.71. The summed E-state index contributed by atoms with van der Waals surface area (Å²) in [5.74, 6) is 0.0761. The molecule has 2 nitrogen and oxygen atoms in total. The van der Waals surface area contributed by atoms with Gasteiger partial charge in [0.25, 0.3) is 0 Å². The van der Waals surface area contributed by atoms with E-state index in [9.17, 15) is 10.2 Å². The summed E-state index contributed by atoms with van der Waals surface area (Å²) < 4.78 is 0. The van der Waals surface area contributed by atoms with Gasteiger partial charge in [0, 0.05) is 11.1 Å². The van der Waals surface area contributed by atoms with E-state index in [-0.39, 0.29) is 21.6 Å². The second-order valence-electron chi connectivity index (χ2n) is 3.66. The van der Waals surface area contributed by atoms with Gasteiger partial charge < -0.3 is 10.2 Å². The summed E-state index contributed by atoms with van der Waals surface area (Å²) >= 11 is 12.3. The average Bonchev–Trinajstić information content (AvgIpc) is 2.38. The van der Waals surface area contributed by atoms with Crippen LogP contribution in [0.3, 0.4) is 0 Å². The smallest absolute Gasteiger partial charge is 0.124 e. The van der Waals surface area contributed by atoms with Gasteiger partial charge in [0.2, 0.25) is 0 Å². The van der Waals surface area contributed by atoms with Crippen molar-refractivity contribution in [3.63, 3.8) is 0 Å². The van der Waals surface area contributed by atoms with Crippen LogP contribution in [-0.2, 0) is 0 Å². The number of hydrogen-bond donors (Lipinski definition) is 2. The molecule has 2 N–H and O–H groups in total. The Balaban J connectivity index is 2.55. The molecule has 0 fully saturated rings. The van der Waals surface area contributed by atoms with E-state index in [0.717, 1.165) is 0 Å². The zero-order chi connectivity index (χ0) is 13.1. The number of rotatable bonds is 2. The minimum absolute atomic E-state index is 0.0380. The predicted octanol–water partition coefficient (Wildman–Crippen LogP) is 4.40. The molecule has 0 heterocycles. The van der Waals surface area contributed by atoms with Crippen molar-refractivity contribution in [1.29, 1.82) is 0 Å². The normalized spacial score (nSPS) is 12.1. The van der Waals surface area contributed by atoms with Gasteiger partial charge in [-0.25, -0.2) is 0 Å². The molecular formula is C14H10Cl2O2. The number of benzene rings is 2. The Bertz CT molecular complexity index is 553. The van der Waals surface area contributed by atoms with Crippen LogP contribution in [0.25, 0.3) is 10.1 Å². The number of para-hydroxylation sites is 2. The lowest BCUT2D eigenvalue weighted by atomic mass is 10.1. The Morgan fingerprint density at radius 1 is 0.667 bits per heavy atom. The number of phenolic OH excluding ortho intramolecular Hbond substituents is 2. The molecule has 92 valence electrons. The number of hydrogen-bond acceptors (Lipinski definition) is 2. The van der Waals surface area contributed by atoms with Crippen LogP contribution in [0.15, 0.2) is 48.5 Å². The second-order valence-corrected chi connectivity index (χ2v) is 4.42. The fourth-order valence-electron chi connectivity index (χ4n) is 1.55. The highest BCUT2D eigenvalue weighted by Gasteiger charge is 2.13. The second kappa shape index (κ2) is 5.34. The molecule has 0 saturated heterocycles. The van der Waals surface area contributed by atoms with Gasteiger partial charge in [-0.1, -0.05) is 47.5 Å². The van der Waals surface area contributed by atoms with Crippen molar-refractivity contribution in [1.82, 2.24) is 0 Å². The Labute approximate surface area is 115 Å². The van der Waals surface area contributed by atoms with E-state index in [1.807, 2.05) is 0 Å². The molecule has 0 unspecified atom stereocenters. The molecule has 18 heavy (non-hydrogen) atoms. The summed E-state index contributed by atoms with van der Waals surface area (Å²) in [4.78, 5) is 0. The summed E-state index contributed by atoms with van der Waals surface area (Å²) in [6, 6.07) is 13.2. The van der Waals surface area contributed by atoms with E-state index in [0.29, 0.717) is 11.1 Å². The van der Waals surface area contributed by atoms with Gasteiger partial charge in [0.05, 0.1) is 10.1 Å². The molecule has 0 saturated carbocycles. The van der Waals surface area contributed by atoms with Gasteiger partial charge in [-0.2, -0.15) is 0 Å². The standard InChI is InChI=1S/C14H10Cl2O2/c15-13(9-5-1-3-7-11(9)17)14(16)10-6-2-4-8-12(10)18/h1-8,17-18H. The highest BCUT2D eigenvalue weighted by molar-refractivity contribution is 6.65. The summed E-state index contributed by atoms with van der Waals surface area (Å²) in [7, 11) is 0. The van der Waals surface area contributed by atoms with Crippen LogP contribution in [0.5, 0.6) is 11.5 Å². The first kappa shape index (κ1) is 12.8. The number of phenols is 2. The van der Waals surface area contributed by atoms with Crippen molar-refractivity contribution in [3.8, 4) is 11.5 Å². The van der Waals surface area contributed by atoms with Gasteiger partial charge >= 0.3 is 0 Å². The highest BCUT2D eigenvalue weighted by atomic mass is 35.5. The van der Waals surface area contributed by atoms with Crippen molar-refractivity contribution in [2.24, 2.45) is 0 Å². The van der Waals surface area contributed by atoms with Crippen LogP contribution >= 0.6 is 23.2 Å². The zero-order valence-corrected chi connectivity index (χ0v) is 10.8. The van der Waals surface area contributed by atoms with Gasteiger partial charge in [-0.05, 0) is 24.3 Å². The predicted molar refractivity (Wildman–Crippen MR) is 74.7 cm³/mol. The van der Waals surface area contributed by atoms with Crippen molar-refractivity contribution >= 4 is 33.3 Å². The zero-order valence-electron chi connectivity index (χ0n) is 9.27. The molecular weight excluding hydrogens is 271 g/mol. The highest BCUT2D eigenvalue weighted by Crippen LogP contribution is 2.38. The Morgan fingerprint density at radius 3 is 1.33 bits per heavy atom. The molecule has 0 aromatic heterocycles. The van der Waals surface area contributed by atoms with Gasteiger partial charge in [0.15, 0.2) is 0 Å². The minimum Gasteiger partial charge on any atom is -0.507 e. The van der Waals surface area contributed by atoms with E-state index in [1.165, 1.54) is 12.1 Å². The Morgan fingerprint density at radius 2 is 1.00 bits per heavy atom. The third-order valence-electron chi connectivity index (χ3n) is 2.47. The largest absolute Gasteiger partial charge is 0.507 e. The third-order valence-corrected chi connectivity index (χ3v) is 3.36. The maximum absolute atomic E-state index is 9.71. The fraction of sp³-hybridized carbons (Fsp3) is 0. The van der Waals surface area contributed by atoms with E-state index >= 15 is 0 Å².